The number of benzene rings is 3. The highest BCUT2D eigenvalue weighted by Gasteiger charge is 2.03. The van der Waals surface area contributed by atoms with Crippen LogP contribution in [-0.4, -0.2) is 12.5 Å². The molecule has 4 nitrogen and oxygen atoms in total. The first kappa shape index (κ1) is 17.8. The Morgan fingerprint density at radius 3 is 2.23 bits per heavy atom. The van der Waals surface area contributed by atoms with Gasteiger partial charge in [0.2, 0.25) is 5.91 Å². The Kier molecular flexibility index (Phi) is 6.12. The van der Waals surface area contributed by atoms with Crippen molar-refractivity contribution in [2.24, 2.45) is 0 Å². The van der Waals surface area contributed by atoms with E-state index < -0.39 is 0 Å². The SMILES string of the molecule is O=C(CNc1ccccc1)Nc1ccc(OCc2ccc(Cl)cc2)cc1. The van der Waals surface area contributed by atoms with Gasteiger partial charge in [0, 0.05) is 16.4 Å². The average Bonchev–Trinajstić information content (AvgIpc) is 2.68. The highest BCUT2D eigenvalue weighted by Crippen LogP contribution is 2.18. The van der Waals surface area contributed by atoms with E-state index in [1.807, 2.05) is 78.9 Å². The molecular weight excluding hydrogens is 348 g/mol. The molecule has 0 aliphatic heterocycles. The molecule has 0 heterocycles. The lowest BCUT2D eigenvalue weighted by atomic mass is 10.2. The number of carbonyl (C=O) groups is 1. The molecule has 0 unspecified atom stereocenters. The second-order valence-corrected chi connectivity index (χ2v) is 6.14. The van der Waals surface area contributed by atoms with Crippen LogP contribution in [0.4, 0.5) is 11.4 Å². The average molecular weight is 367 g/mol. The molecule has 0 aliphatic carbocycles. The van der Waals surface area contributed by atoms with Crippen LogP contribution in [0.1, 0.15) is 5.56 Å². The van der Waals surface area contributed by atoms with E-state index in [2.05, 4.69) is 10.6 Å². The minimum atomic E-state index is -0.108. The van der Waals surface area contributed by atoms with Crippen molar-refractivity contribution in [1.82, 2.24) is 0 Å². The molecule has 1 amide bonds. The maximum absolute atomic E-state index is 12.0. The summed E-state index contributed by atoms with van der Waals surface area (Å²) in [6.45, 7) is 0.669. The quantitative estimate of drug-likeness (QED) is 0.620. The number of amides is 1. The maximum Gasteiger partial charge on any atom is 0.243 e. The summed E-state index contributed by atoms with van der Waals surface area (Å²) in [7, 11) is 0. The molecule has 0 bridgehead atoms. The summed E-state index contributed by atoms with van der Waals surface area (Å²) in [5, 5.41) is 6.62. The zero-order chi connectivity index (χ0) is 18.2. The van der Waals surface area contributed by atoms with Gasteiger partial charge in [0.05, 0.1) is 6.54 Å². The topological polar surface area (TPSA) is 50.4 Å². The van der Waals surface area contributed by atoms with Gasteiger partial charge in [-0.3, -0.25) is 4.79 Å². The van der Waals surface area contributed by atoms with E-state index in [1.165, 1.54) is 0 Å². The molecule has 3 aromatic rings. The maximum atomic E-state index is 12.0. The predicted octanol–water partition coefficient (Wildman–Crippen LogP) is 4.97. The van der Waals surface area contributed by atoms with Crippen LogP contribution in [0.25, 0.3) is 0 Å². The minimum absolute atomic E-state index is 0.108. The third-order valence-electron chi connectivity index (χ3n) is 3.68. The molecule has 0 spiro atoms. The van der Waals surface area contributed by atoms with Crippen LogP contribution in [0.3, 0.4) is 0 Å². The van der Waals surface area contributed by atoms with Crippen molar-refractivity contribution in [3.63, 3.8) is 0 Å². The van der Waals surface area contributed by atoms with Crippen molar-refractivity contribution in [3.05, 3.63) is 89.4 Å². The van der Waals surface area contributed by atoms with Crippen molar-refractivity contribution in [2.45, 2.75) is 6.61 Å². The number of rotatable bonds is 7. The van der Waals surface area contributed by atoms with E-state index in [-0.39, 0.29) is 12.5 Å². The molecule has 5 heteroatoms. The number of nitrogens with one attached hydrogen (secondary N) is 2. The van der Waals surface area contributed by atoms with Crippen molar-refractivity contribution >= 4 is 28.9 Å². The lowest BCUT2D eigenvalue weighted by Crippen LogP contribution is -2.21. The third-order valence-corrected chi connectivity index (χ3v) is 3.94. The smallest absolute Gasteiger partial charge is 0.243 e. The van der Waals surface area contributed by atoms with Crippen molar-refractivity contribution in [2.75, 3.05) is 17.2 Å². The molecule has 0 radical (unpaired) electrons. The lowest BCUT2D eigenvalue weighted by Gasteiger charge is -2.09. The zero-order valence-corrected chi connectivity index (χ0v) is 14.9. The fourth-order valence-corrected chi connectivity index (χ4v) is 2.45. The summed E-state index contributed by atoms with van der Waals surface area (Å²) in [5.41, 5.74) is 2.68. The Morgan fingerprint density at radius 1 is 0.846 bits per heavy atom. The summed E-state index contributed by atoms with van der Waals surface area (Å²) in [6.07, 6.45) is 0. The van der Waals surface area contributed by atoms with Crippen molar-refractivity contribution in [3.8, 4) is 5.75 Å². The molecule has 0 atom stereocenters. The van der Waals surface area contributed by atoms with Crippen LogP contribution in [0.2, 0.25) is 5.02 Å². The van der Waals surface area contributed by atoms with Gasteiger partial charge in [-0.25, -0.2) is 0 Å². The zero-order valence-electron chi connectivity index (χ0n) is 14.1. The van der Waals surface area contributed by atoms with Gasteiger partial charge in [0.1, 0.15) is 12.4 Å². The minimum Gasteiger partial charge on any atom is -0.489 e. The first-order valence-corrected chi connectivity index (χ1v) is 8.63. The molecule has 0 aromatic heterocycles. The summed E-state index contributed by atoms with van der Waals surface area (Å²) >= 11 is 5.87. The Morgan fingerprint density at radius 2 is 1.54 bits per heavy atom. The van der Waals surface area contributed by atoms with Gasteiger partial charge in [-0.1, -0.05) is 41.9 Å². The molecule has 0 saturated heterocycles. The fraction of sp³-hybridized carbons (Fsp3) is 0.0952. The summed E-state index contributed by atoms with van der Waals surface area (Å²) < 4.78 is 5.73. The first-order valence-electron chi connectivity index (χ1n) is 8.25. The fourth-order valence-electron chi connectivity index (χ4n) is 2.33. The standard InChI is InChI=1S/C21H19ClN2O2/c22-17-8-6-16(7-9-17)15-26-20-12-10-19(11-13-20)24-21(25)14-23-18-4-2-1-3-5-18/h1-13,23H,14-15H2,(H,24,25). The number of hydrogen-bond acceptors (Lipinski definition) is 3. The summed E-state index contributed by atoms with van der Waals surface area (Å²) in [5.74, 6) is 0.629. The molecule has 132 valence electrons. The van der Waals surface area contributed by atoms with Crippen LogP contribution < -0.4 is 15.4 Å². The molecule has 26 heavy (non-hydrogen) atoms. The number of anilines is 2. The number of para-hydroxylation sites is 1. The molecule has 0 fully saturated rings. The highest BCUT2D eigenvalue weighted by molar-refractivity contribution is 6.30. The van der Waals surface area contributed by atoms with E-state index in [0.29, 0.717) is 11.6 Å². The monoisotopic (exact) mass is 366 g/mol. The second kappa shape index (κ2) is 8.92. The van der Waals surface area contributed by atoms with Gasteiger partial charge in [-0.2, -0.15) is 0 Å². The molecule has 0 saturated carbocycles. The second-order valence-electron chi connectivity index (χ2n) is 5.71. The number of carbonyl (C=O) groups excluding carboxylic acids is 1. The Balaban J connectivity index is 1.46. The molecule has 3 aromatic carbocycles. The van der Waals surface area contributed by atoms with Crippen LogP contribution >= 0.6 is 11.6 Å². The van der Waals surface area contributed by atoms with Gasteiger partial charge in [0.25, 0.3) is 0 Å². The van der Waals surface area contributed by atoms with E-state index >= 15 is 0 Å². The Bertz CT molecular complexity index is 834. The van der Waals surface area contributed by atoms with Crippen LogP contribution in [0, 0.1) is 0 Å². The van der Waals surface area contributed by atoms with Crippen LogP contribution in [0.15, 0.2) is 78.9 Å². The molecule has 2 N–H and O–H groups in total. The predicted molar refractivity (Wildman–Crippen MR) is 106 cm³/mol. The molecular formula is C21H19ClN2O2. The van der Waals surface area contributed by atoms with Gasteiger partial charge in [-0.05, 0) is 54.1 Å². The Hall–Kier alpha value is -2.98. The normalized spacial score (nSPS) is 10.2. The number of halogens is 1. The van der Waals surface area contributed by atoms with Crippen LogP contribution in [-0.2, 0) is 11.4 Å². The van der Waals surface area contributed by atoms with Crippen molar-refractivity contribution < 1.29 is 9.53 Å². The lowest BCUT2D eigenvalue weighted by molar-refractivity contribution is -0.114. The van der Waals surface area contributed by atoms with E-state index in [0.717, 1.165) is 22.7 Å². The number of hydrogen-bond donors (Lipinski definition) is 2. The summed E-state index contributed by atoms with van der Waals surface area (Å²) in [4.78, 5) is 12.0. The number of ether oxygens (including phenoxy) is 1. The van der Waals surface area contributed by atoms with Crippen LogP contribution in [0.5, 0.6) is 5.75 Å². The van der Waals surface area contributed by atoms with Gasteiger partial charge >= 0.3 is 0 Å². The summed E-state index contributed by atoms with van der Waals surface area (Å²) in [6, 6.07) is 24.4. The van der Waals surface area contributed by atoms with Gasteiger partial charge < -0.3 is 15.4 Å². The Labute approximate surface area is 157 Å². The molecule has 0 aliphatic rings. The van der Waals surface area contributed by atoms with E-state index in [9.17, 15) is 4.79 Å². The van der Waals surface area contributed by atoms with E-state index in [4.69, 9.17) is 16.3 Å². The van der Waals surface area contributed by atoms with Gasteiger partial charge in [-0.15, -0.1) is 0 Å². The van der Waals surface area contributed by atoms with Gasteiger partial charge in [0.15, 0.2) is 0 Å². The third kappa shape index (κ3) is 5.53. The van der Waals surface area contributed by atoms with E-state index in [1.54, 1.807) is 0 Å². The highest BCUT2D eigenvalue weighted by atomic mass is 35.5. The van der Waals surface area contributed by atoms with Crippen molar-refractivity contribution in [1.29, 1.82) is 0 Å². The molecule has 3 rings (SSSR count). The largest absolute Gasteiger partial charge is 0.489 e. The first-order chi connectivity index (χ1) is 12.7.